The van der Waals surface area contributed by atoms with Crippen LogP contribution in [0.25, 0.3) is 0 Å². The summed E-state index contributed by atoms with van der Waals surface area (Å²) >= 11 is 0. The summed E-state index contributed by atoms with van der Waals surface area (Å²) in [5, 5.41) is 0. The Hall–Kier alpha value is -1.02. The third kappa shape index (κ3) is 4.54. The molecule has 0 aliphatic carbocycles. The Balaban J connectivity index is 3.08. The lowest BCUT2D eigenvalue weighted by Gasteiger charge is -2.35. The third-order valence-corrected chi connectivity index (χ3v) is 3.66. The van der Waals surface area contributed by atoms with E-state index in [1.807, 2.05) is 0 Å². The summed E-state index contributed by atoms with van der Waals surface area (Å²) < 4.78 is 0. The number of hydrogen-bond donors (Lipinski definition) is 1. The number of nitrogens with zero attached hydrogens (tertiary/aromatic N) is 1. The van der Waals surface area contributed by atoms with Crippen LogP contribution in [-0.4, -0.2) is 19.1 Å². The molecule has 0 atom stereocenters. The minimum Gasteiger partial charge on any atom is -0.368 e. The summed E-state index contributed by atoms with van der Waals surface area (Å²) in [5.41, 5.74) is 8.52. The van der Waals surface area contributed by atoms with Crippen molar-refractivity contribution in [1.29, 1.82) is 0 Å². The lowest BCUT2D eigenvalue weighted by Crippen LogP contribution is -2.38. The van der Waals surface area contributed by atoms with E-state index in [1.54, 1.807) is 0 Å². The second kappa shape index (κ2) is 8.21. The molecule has 0 saturated heterocycles. The summed E-state index contributed by atoms with van der Waals surface area (Å²) in [7, 11) is 0. The van der Waals surface area contributed by atoms with E-state index in [4.69, 9.17) is 5.73 Å². The maximum absolute atomic E-state index is 5.75. The van der Waals surface area contributed by atoms with Gasteiger partial charge in [0.05, 0.1) is 0 Å². The number of hydrogen-bond acceptors (Lipinski definition) is 2. The van der Waals surface area contributed by atoms with Gasteiger partial charge >= 0.3 is 0 Å². The van der Waals surface area contributed by atoms with Crippen LogP contribution in [0.3, 0.4) is 0 Å². The molecule has 2 N–H and O–H groups in total. The van der Waals surface area contributed by atoms with Gasteiger partial charge in [0, 0.05) is 18.3 Å². The molecule has 19 heavy (non-hydrogen) atoms. The lowest BCUT2D eigenvalue weighted by atomic mass is 10.0. The number of rotatable bonds is 8. The van der Waals surface area contributed by atoms with Gasteiger partial charge in [-0.15, -0.1) is 0 Å². The van der Waals surface area contributed by atoms with Crippen molar-refractivity contribution in [2.45, 2.75) is 53.0 Å². The molecule has 0 radical (unpaired) electrons. The standard InChI is InChI=1S/C17H30N2/c1-5-16(6-2)19(13-14(3)4)17-10-8-7-9-15(17)11-12-18/h7-10,14,16H,5-6,11-13,18H2,1-4H3. The van der Waals surface area contributed by atoms with Gasteiger partial charge in [-0.25, -0.2) is 0 Å². The van der Waals surface area contributed by atoms with Crippen LogP contribution in [0.2, 0.25) is 0 Å². The van der Waals surface area contributed by atoms with Gasteiger partial charge in [-0.1, -0.05) is 45.9 Å². The minimum atomic E-state index is 0.626. The highest BCUT2D eigenvalue weighted by atomic mass is 15.2. The predicted octanol–water partition coefficient (Wildman–Crippen LogP) is 3.84. The van der Waals surface area contributed by atoms with Gasteiger partial charge in [-0.3, -0.25) is 0 Å². The average Bonchev–Trinajstić information content (AvgIpc) is 2.39. The van der Waals surface area contributed by atoms with Crippen molar-refractivity contribution >= 4 is 5.69 Å². The second-order valence-corrected chi connectivity index (χ2v) is 5.68. The maximum atomic E-state index is 5.75. The number of anilines is 1. The summed E-state index contributed by atoms with van der Waals surface area (Å²) in [6.45, 7) is 11.0. The van der Waals surface area contributed by atoms with E-state index >= 15 is 0 Å². The van der Waals surface area contributed by atoms with Gasteiger partial charge in [-0.2, -0.15) is 0 Å². The van der Waals surface area contributed by atoms with Gasteiger partial charge in [0.2, 0.25) is 0 Å². The summed E-state index contributed by atoms with van der Waals surface area (Å²) in [5.74, 6) is 0.673. The molecule has 0 unspecified atom stereocenters. The van der Waals surface area contributed by atoms with E-state index in [0.717, 1.165) is 19.5 Å². The SMILES string of the molecule is CCC(CC)N(CC(C)C)c1ccccc1CCN. The highest BCUT2D eigenvalue weighted by Gasteiger charge is 2.18. The molecule has 0 aromatic heterocycles. The first-order valence-corrected chi connectivity index (χ1v) is 7.68. The molecule has 1 rings (SSSR count). The fourth-order valence-corrected chi connectivity index (χ4v) is 2.72. The first-order chi connectivity index (χ1) is 9.13. The van der Waals surface area contributed by atoms with E-state index in [0.29, 0.717) is 12.0 Å². The monoisotopic (exact) mass is 262 g/mol. The number of para-hydroxylation sites is 1. The van der Waals surface area contributed by atoms with Crippen LogP contribution in [0.4, 0.5) is 5.69 Å². The first-order valence-electron chi connectivity index (χ1n) is 7.68. The molecule has 0 saturated carbocycles. The molecule has 0 amide bonds. The molecule has 0 bridgehead atoms. The zero-order valence-electron chi connectivity index (χ0n) is 13.0. The van der Waals surface area contributed by atoms with Crippen LogP contribution in [0.5, 0.6) is 0 Å². The van der Waals surface area contributed by atoms with Crippen molar-refractivity contribution in [3.63, 3.8) is 0 Å². The topological polar surface area (TPSA) is 29.3 Å². The normalized spacial score (nSPS) is 11.3. The largest absolute Gasteiger partial charge is 0.368 e. The smallest absolute Gasteiger partial charge is 0.0401 e. The van der Waals surface area contributed by atoms with E-state index < -0.39 is 0 Å². The van der Waals surface area contributed by atoms with Crippen molar-refractivity contribution in [3.8, 4) is 0 Å². The van der Waals surface area contributed by atoms with E-state index in [1.165, 1.54) is 24.1 Å². The molecule has 1 aromatic rings. The molecular weight excluding hydrogens is 232 g/mol. The Morgan fingerprint density at radius 3 is 2.26 bits per heavy atom. The van der Waals surface area contributed by atoms with Gasteiger partial charge in [0.1, 0.15) is 0 Å². The molecule has 0 fully saturated rings. The zero-order chi connectivity index (χ0) is 14.3. The summed E-state index contributed by atoms with van der Waals surface area (Å²) in [6.07, 6.45) is 3.35. The van der Waals surface area contributed by atoms with E-state index in [-0.39, 0.29) is 0 Å². The van der Waals surface area contributed by atoms with Crippen LogP contribution in [0.1, 0.15) is 46.1 Å². The average molecular weight is 262 g/mol. The molecule has 2 heteroatoms. The molecule has 108 valence electrons. The highest BCUT2D eigenvalue weighted by molar-refractivity contribution is 5.54. The highest BCUT2D eigenvalue weighted by Crippen LogP contribution is 2.26. The van der Waals surface area contributed by atoms with Crippen LogP contribution < -0.4 is 10.6 Å². The van der Waals surface area contributed by atoms with Crippen molar-refractivity contribution in [1.82, 2.24) is 0 Å². The molecule has 0 spiro atoms. The van der Waals surface area contributed by atoms with Crippen LogP contribution in [0, 0.1) is 5.92 Å². The molecule has 1 aromatic carbocycles. The van der Waals surface area contributed by atoms with Crippen LogP contribution in [0.15, 0.2) is 24.3 Å². The predicted molar refractivity (Wildman–Crippen MR) is 85.8 cm³/mol. The fourth-order valence-electron chi connectivity index (χ4n) is 2.72. The van der Waals surface area contributed by atoms with E-state index in [9.17, 15) is 0 Å². The third-order valence-electron chi connectivity index (χ3n) is 3.66. The quantitative estimate of drug-likeness (QED) is 0.771. The number of benzene rings is 1. The molecular formula is C17H30N2. The summed E-state index contributed by atoms with van der Waals surface area (Å²) in [4.78, 5) is 2.59. The van der Waals surface area contributed by atoms with Gasteiger partial charge in [0.25, 0.3) is 0 Å². The van der Waals surface area contributed by atoms with Crippen molar-refractivity contribution in [2.75, 3.05) is 18.0 Å². The number of nitrogens with two attached hydrogens (primary N) is 1. The Morgan fingerprint density at radius 2 is 1.74 bits per heavy atom. The zero-order valence-corrected chi connectivity index (χ0v) is 13.0. The Labute approximate surface area is 119 Å². The van der Waals surface area contributed by atoms with Crippen molar-refractivity contribution in [2.24, 2.45) is 11.7 Å². The van der Waals surface area contributed by atoms with E-state index in [2.05, 4.69) is 56.9 Å². The Kier molecular flexibility index (Phi) is 6.93. The first kappa shape index (κ1) is 16.0. The van der Waals surface area contributed by atoms with Gasteiger partial charge in [0.15, 0.2) is 0 Å². The second-order valence-electron chi connectivity index (χ2n) is 5.68. The van der Waals surface area contributed by atoms with Gasteiger partial charge in [-0.05, 0) is 43.4 Å². The Morgan fingerprint density at radius 1 is 1.11 bits per heavy atom. The molecule has 0 aliphatic heterocycles. The molecule has 2 nitrogen and oxygen atoms in total. The Bertz CT molecular complexity index is 356. The van der Waals surface area contributed by atoms with Crippen LogP contribution in [-0.2, 0) is 6.42 Å². The minimum absolute atomic E-state index is 0.626. The van der Waals surface area contributed by atoms with Crippen LogP contribution >= 0.6 is 0 Å². The fraction of sp³-hybridized carbons (Fsp3) is 0.647. The van der Waals surface area contributed by atoms with Gasteiger partial charge < -0.3 is 10.6 Å². The van der Waals surface area contributed by atoms with Crippen molar-refractivity contribution < 1.29 is 0 Å². The lowest BCUT2D eigenvalue weighted by molar-refractivity contribution is 0.506. The molecule has 0 heterocycles. The molecule has 0 aliphatic rings. The summed E-state index contributed by atoms with van der Waals surface area (Å²) in [6, 6.07) is 9.37. The maximum Gasteiger partial charge on any atom is 0.0401 e. The van der Waals surface area contributed by atoms with Crippen molar-refractivity contribution in [3.05, 3.63) is 29.8 Å².